The molecule has 1 aliphatic heterocycles. The van der Waals surface area contributed by atoms with Crippen LogP contribution in [0.5, 0.6) is 5.88 Å². The molecule has 0 saturated carbocycles. The van der Waals surface area contributed by atoms with Crippen LogP contribution in [0.2, 0.25) is 10.0 Å². The Morgan fingerprint density at radius 1 is 1.21 bits per heavy atom. The SMILES string of the molecule is CN1Cc2c(Cl)cc(Cl)cc2C(c2ccc(NC(=O)Oc3ccc[nH]3)cc2)C1. The number of anilines is 1. The maximum atomic E-state index is 12.0. The lowest BCUT2D eigenvalue weighted by molar-refractivity contribution is 0.213. The summed E-state index contributed by atoms with van der Waals surface area (Å²) in [6, 6.07) is 15.0. The molecule has 1 aromatic heterocycles. The molecule has 0 saturated heterocycles. The van der Waals surface area contributed by atoms with Gasteiger partial charge in [0.15, 0.2) is 0 Å². The Bertz CT molecular complexity index is 988. The first-order chi connectivity index (χ1) is 13.5. The second-order valence-electron chi connectivity index (χ2n) is 6.88. The van der Waals surface area contributed by atoms with Crippen molar-refractivity contribution >= 4 is 35.0 Å². The molecule has 7 heteroatoms. The molecule has 2 heterocycles. The minimum Gasteiger partial charge on any atom is -0.393 e. The van der Waals surface area contributed by atoms with Crippen molar-refractivity contribution < 1.29 is 9.53 Å². The van der Waals surface area contributed by atoms with Gasteiger partial charge >= 0.3 is 6.09 Å². The van der Waals surface area contributed by atoms with Crippen LogP contribution in [0.15, 0.2) is 54.7 Å². The number of aromatic nitrogens is 1. The first kappa shape index (κ1) is 18.9. The summed E-state index contributed by atoms with van der Waals surface area (Å²) < 4.78 is 5.15. The molecule has 144 valence electrons. The largest absolute Gasteiger partial charge is 0.418 e. The van der Waals surface area contributed by atoms with Gasteiger partial charge in [-0.05, 0) is 54.1 Å². The van der Waals surface area contributed by atoms with E-state index in [-0.39, 0.29) is 5.92 Å². The molecule has 1 unspecified atom stereocenters. The van der Waals surface area contributed by atoms with Gasteiger partial charge in [-0.2, -0.15) is 0 Å². The number of fused-ring (bicyclic) bond motifs is 1. The zero-order valence-electron chi connectivity index (χ0n) is 15.2. The van der Waals surface area contributed by atoms with E-state index in [0.29, 0.717) is 21.6 Å². The molecule has 0 bridgehead atoms. The second kappa shape index (κ2) is 7.87. The molecule has 4 rings (SSSR count). The molecule has 28 heavy (non-hydrogen) atoms. The highest BCUT2D eigenvalue weighted by Crippen LogP contribution is 2.38. The Kier molecular flexibility index (Phi) is 5.31. The molecule has 2 aromatic carbocycles. The highest BCUT2D eigenvalue weighted by molar-refractivity contribution is 6.35. The van der Waals surface area contributed by atoms with Gasteiger partial charge in [0.1, 0.15) is 0 Å². The maximum absolute atomic E-state index is 12.0. The highest BCUT2D eigenvalue weighted by atomic mass is 35.5. The predicted molar refractivity (Wildman–Crippen MR) is 112 cm³/mol. The molecule has 5 nitrogen and oxygen atoms in total. The summed E-state index contributed by atoms with van der Waals surface area (Å²) in [4.78, 5) is 17.0. The Hall–Kier alpha value is -2.47. The number of likely N-dealkylation sites (N-methyl/N-ethyl adjacent to an activating group) is 1. The zero-order valence-corrected chi connectivity index (χ0v) is 16.7. The fraction of sp³-hybridized carbons (Fsp3) is 0.190. The molecule has 0 spiro atoms. The Morgan fingerprint density at radius 3 is 2.71 bits per heavy atom. The number of hydrogen-bond acceptors (Lipinski definition) is 3. The van der Waals surface area contributed by atoms with Gasteiger partial charge in [-0.3, -0.25) is 5.32 Å². The van der Waals surface area contributed by atoms with Crippen LogP contribution in [0.4, 0.5) is 10.5 Å². The molecule has 0 aliphatic carbocycles. The molecular weight excluding hydrogens is 397 g/mol. The summed E-state index contributed by atoms with van der Waals surface area (Å²) in [7, 11) is 2.08. The van der Waals surface area contributed by atoms with E-state index in [2.05, 4.69) is 22.2 Å². The van der Waals surface area contributed by atoms with Crippen LogP contribution in [-0.4, -0.2) is 29.6 Å². The summed E-state index contributed by atoms with van der Waals surface area (Å²) >= 11 is 12.7. The summed E-state index contributed by atoms with van der Waals surface area (Å²) in [6.07, 6.45) is 1.14. The van der Waals surface area contributed by atoms with Gasteiger partial charge in [0.25, 0.3) is 0 Å². The van der Waals surface area contributed by atoms with Gasteiger partial charge in [0.2, 0.25) is 5.88 Å². The van der Waals surface area contributed by atoms with E-state index in [1.807, 2.05) is 30.3 Å². The molecule has 3 aromatic rings. The molecule has 1 aliphatic rings. The number of amides is 1. The van der Waals surface area contributed by atoms with Crippen LogP contribution in [0.1, 0.15) is 22.6 Å². The Morgan fingerprint density at radius 2 is 2.00 bits per heavy atom. The first-order valence-electron chi connectivity index (χ1n) is 8.88. The minimum absolute atomic E-state index is 0.157. The van der Waals surface area contributed by atoms with Gasteiger partial charge in [-0.15, -0.1) is 0 Å². The highest BCUT2D eigenvalue weighted by Gasteiger charge is 2.27. The quantitative estimate of drug-likeness (QED) is 0.592. The summed E-state index contributed by atoms with van der Waals surface area (Å²) in [6.45, 7) is 1.66. The zero-order chi connectivity index (χ0) is 19.7. The monoisotopic (exact) mass is 415 g/mol. The number of carbonyl (C=O) groups is 1. The van der Waals surface area contributed by atoms with Crippen LogP contribution in [0, 0.1) is 0 Å². The number of rotatable bonds is 3. The van der Waals surface area contributed by atoms with E-state index in [1.165, 1.54) is 0 Å². The van der Waals surface area contributed by atoms with E-state index in [1.54, 1.807) is 24.4 Å². The summed E-state index contributed by atoms with van der Waals surface area (Å²) in [5, 5.41) is 4.06. The van der Waals surface area contributed by atoms with E-state index in [9.17, 15) is 4.79 Å². The van der Waals surface area contributed by atoms with E-state index in [0.717, 1.165) is 29.8 Å². The number of nitrogens with zero attached hydrogens (tertiary/aromatic N) is 1. The predicted octanol–water partition coefficient (Wildman–Crippen LogP) is 5.51. The van der Waals surface area contributed by atoms with E-state index in [4.69, 9.17) is 27.9 Å². The topological polar surface area (TPSA) is 57.4 Å². The van der Waals surface area contributed by atoms with Crippen LogP contribution < -0.4 is 10.1 Å². The van der Waals surface area contributed by atoms with Crippen LogP contribution in [0.25, 0.3) is 0 Å². The summed E-state index contributed by atoms with van der Waals surface area (Å²) in [5.41, 5.74) is 4.06. The third-order valence-electron chi connectivity index (χ3n) is 4.82. The molecule has 0 fully saturated rings. The number of H-pyrrole nitrogens is 1. The lowest BCUT2D eigenvalue weighted by Gasteiger charge is -2.33. The van der Waals surface area contributed by atoms with Gasteiger partial charge in [-0.25, -0.2) is 4.79 Å². The second-order valence-corrected chi connectivity index (χ2v) is 7.72. The van der Waals surface area contributed by atoms with Gasteiger partial charge in [0, 0.05) is 47.0 Å². The van der Waals surface area contributed by atoms with Gasteiger partial charge < -0.3 is 14.6 Å². The number of nitrogens with one attached hydrogen (secondary N) is 2. The fourth-order valence-corrected chi connectivity index (χ4v) is 4.12. The van der Waals surface area contributed by atoms with Crippen molar-refractivity contribution in [3.63, 3.8) is 0 Å². The van der Waals surface area contributed by atoms with Crippen LogP contribution >= 0.6 is 23.2 Å². The lowest BCUT2D eigenvalue weighted by Crippen LogP contribution is -2.31. The van der Waals surface area contributed by atoms with Crippen molar-refractivity contribution in [3.8, 4) is 5.88 Å². The summed E-state index contributed by atoms with van der Waals surface area (Å²) in [5.74, 6) is 0.551. The van der Waals surface area contributed by atoms with Gasteiger partial charge in [-0.1, -0.05) is 35.3 Å². The standard InChI is InChI=1S/C21H19Cl2N3O2/c1-26-11-17(16-9-14(22)10-19(23)18(16)12-26)13-4-6-15(7-5-13)25-21(27)28-20-3-2-8-24-20/h2-10,17,24H,11-12H2,1H3,(H,25,27). The van der Waals surface area contributed by atoms with Crippen LogP contribution in [-0.2, 0) is 6.54 Å². The maximum Gasteiger partial charge on any atom is 0.418 e. The number of ether oxygens (including phenoxy) is 1. The molecule has 1 amide bonds. The first-order valence-corrected chi connectivity index (χ1v) is 9.64. The van der Waals surface area contributed by atoms with E-state index >= 15 is 0 Å². The van der Waals surface area contributed by atoms with Crippen LogP contribution in [0.3, 0.4) is 0 Å². The third-order valence-corrected chi connectivity index (χ3v) is 5.38. The average Bonchev–Trinajstić information content (AvgIpc) is 3.15. The number of halogens is 2. The van der Waals surface area contributed by atoms with Gasteiger partial charge in [0.05, 0.1) is 0 Å². The number of aromatic amines is 1. The van der Waals surface area contributed by atoms with Crippen molar-refractivity contribution in [1.82, 2.24) is 9.88 Å². The minimum atomic E-state index is -0.545. The van der Waals surface area contributed by atoms with Crippen molar-refractivity contribution in [2.24, 2.45) is 0 Å². The lowest BCUT2D eigenvalue weighted by atomic mass is 9.85. The van der Waals surface area contributed by atoms with Crippen molar-refractivity contribution in [1.29, 1.82) is 0 Å². The average molecular weight is 416 g/mol. The van der Waals surface area contributed by atoms with E-state index < -0.39 is 6.09 Å². The molecule has 2 N–H and O–H groups in total. The smallest absolute Gasteiger partial charge is 0.393 e. The number of hydrogen-bond donors (Lipinski definition) is 2. The van der Waals surface area contributed by atoms with Crippen molar-refractivity contribution in [3.05, 3.63) is 81.5 Å². The molecular formula is C21H19Cl2N3O2. The molecule has 0 radical (unpaired) electrons. The number of carbonyl (C=O) groups excluding carboxylic acids is 1. The van der Waals surface area contributed by atoms with Crippen molar-refractivity contribution in [2.45, 2.75) is 12.5 Å². The Labute approximate surface area is 173 Å². The van der Waals surface area contributed by atoms with Crippen molar-refractivity contribution in [2.75, 3.05) is 18.9 Å². The molecule has 1 atom stereocenters. The normalized spacial score (nSPS) is 16.5. The number of benzene rings is 2. The Balaban J connectivity index is 1.54. The fourth-order valence-electron chi connectivity index (χ4n) is 3.55. The third kappa shape index (κ3) is 4.02.